The zero-order valence-electron chi connectivity index (χ0n) is 9.44. The van der Waals surface area contributed by atoms with E-state index < -0.39 is 11.7 Å². The summed E-state index contributed by atoms with van der Waals surface area (Å²) >= 11 is 0. The predicted octanol–water partition coefficient (Wildman–Crippen LogP) is 4.13. The van der Waals surface area contributed by atoms with Crippen molar-refractivity contribution in [3.05, 3.63) is 22.9 Å². The molecule has 0 heterocycles. The molecule has 15 heavy (non-hydrogen) atoms. The highest BCUT2D eigenvalue weighted by Crippen LogP contribution is 2.36. The topological polar surface area (TPSA) is 12.4 Å². The fourth-order valence-corrected chi connectivity index (χ4v) is 1.27. The quantitative estimate of drug-likeness (QED) is 0.500. The second kappa shape index (κ2) is 5.14. The van der Waals surface area contributed by atoms with E-state index in [1.165, 1.54) is 13.0 Å². The lowest BCUT2D eigenvalue weighted by Gasteiger charge is -2.17. The summed E-state index contributed by atoms with van der Waals surface area (Å²) in [6, 6.07) is 0. The van der Waals surface area contributed by atoms with E-state index in [0.29, 0.717) is 0 Å². The van der Waals surface area contributed by atoms with E-state index in [0.717, 1.165) is 0 Å². The maximum atomic E-state index is 12.8. The molecule has 0 saturated heterocycles. The van der Waals surface area contributed by atoms with E-state index >= 15 is 0 Å². The van der Waals surface area contributed by atoms with Crippen LogP contribution in [0.1, 0.15) is 27.7 Å². The average molecular weight is 219 g/mol. The third-order valence-corrected chi connectivity index (χ3v) is 2.08. The minimum Gasteiger partial charge on any atom is -0.268 e. The van der Waals surface area contributed by atoms with Gasteiger partial charge in [0.15, 0.2) is 0 Å². The Morgan fingerprint density at radius 3 is 2.00 bits per heavy atom. The Hall–Kier alpha value is -1.06. The molecule has 0 aromatic heterocycles. The van der Waals surface area contributed by atoms with E-state index in [9.17, 15) is 13.2 Å². The minimum atomic E-state index is -4.38. The average Bonchev–Trinajstić information content (AvgIpc) is 2.10. The van der Waals surface area contributed by atoms with Crippen LogP contribution in [-0.4, -0.2) is 12.9 Å². The molecule has 0 saturated carbocycles. The molecule has 0 bridgehead atoms. The zero-order valence-corrected chi connectivity index (χ0v) is 9.44. The molecule has 0 rings (SSSR count). The standard InChI is InChI=1S/C11H16F3N/c1-6-8(4)9(11(12,13)14)10(15-5)7(2)3/h6-7H,5H2,1-4H3/b8-6-,10-9+. The van der Waals surface area contributed by atoms with Gasteiger partial charge < -0.3 is 0 Å². The maximum absolute atomic E-state index is 12.8. The second-order valence-corrected chi connectivity index (χ2v) is 3.54. The van der Waals surface area contributed by atoms with E-state index in [2.05, 4.69) is 11.7 Å². The van der Waals surface area contributed by atoms with Gasteiger partial charge in [-0.1, -0.05) is 19.9 Å². The molecule has 0 aliphatic rings. The van der Waals surface area contributed by atoms with E-state index in [4.69, 9.17) is 0 Å². The number of rotatable bonds is 3. The molecule has 0 unspecified atom stereocenters. The Labute approximate surface area is 88.4 Å². The van der Waals surface area contributed by atoms with Gasteiger partial charge >= 0.3 is 6.18 Å². The first kappa shape index (κ1) is 13.9. The summed E-state index contributed by atoms with van der Waals surface area (Å²) in [5.41, 5.74) is -0.494. The van der Waals surface area contributed by atoms with Crippen LogP contribution in [0.3, 0.4) is 0 Å². The third kappa shape index (κ3) is 3.53. The van der Waals surface area contributed by atoms with E-state index in [-0.39, 0.29) is 17.2 Å². The summed E-state index contributed by atoms with van der Waals surface area (Å²) in [7, 11) is 0. The predicted molar refractivity (Wildman–Crippen MR) is 56.9 cm³/mol. The lowest BCUT2D eigenvalue weighted by molar-refractivity contribution is -0.0905. The lowest BCUT2D eigenvalue weighted by atomic mass is 9.98. The number of alkyl halides is 3. The van der Waals surface area contributed by atoms with Gasteiger partial charge in [0.25, 0.3) is 0 Å². The molecule has 0 amide bonds. The Kier molecular flexibility index (Phi) is 4.78. The van der Waals surface area contributed by atoms with Gasteiger partial charge in [-0.15, -0.1) is 0 Å². The number of hydrogen-bond acceptors (Lipinski definition) is 1. The lowest BCUT2D eigenvalue weighted by Crippen LogP contribution is -2.17. The van der Waals surface area contributed by atoms with Crippen LogP contribution < -0.4 is 0 Å². The highest BCUT2D eigenvalue weighted by Gasteiger charge is 2.37. The summed E-state index contributed by atoms with van der Waals surface area (Å²) in [4.78, 5) is 3.49. The summed E-state index contributed by atoms with van der Waals surface area (Å²) < 4.78 is 38.3. The molecule has 0 aliphatic carbocycles. The van der Waals surface area contributed by atoms with Crippen LogP contribution in [0, 0.1) is 5.92 Å². The highest BCUT2D eigenvalue weighted by molar-refractivity contribution is 5.41. The SMILES string of the molecule is C=N/C(=C(\C(C)=C/C)C(F)(F)F)C(C)C. The van der Waals surface area contributed by atoms with Crippen molar-refractivity contribution < 1.29 is 13.2 Å². The molecule has 0 aromatic carbocycles. The monoisotopic (exact) mass is 219 g/mol. The Balaban J connectivity index is 5.74. The first-order chi connectivity index (χ1) is 6.75. The molecule has 0 atom stereocenters. The maximum Gasteiger partial charge on any atom is 0.418 e. The molecule has 1 nitrogen and oxygen atoms in total. The van der Waals surface area contributed by atoms with Crippen molar-refractivity contribution in [3.63, 3.8) is 0 Å². The van der Waals surface area contributed by atoms with Crippen molar-refractivity contribution in [2.24, 2.45) is 10.9 Å². The molecule has 0 aliphatic heterocycles. The van der Waals surface area contributed by atoms with Gasteiger partial charge in [-0.25, -0.2) is 0 Å². The van der Waals surface area contributed by atoms with E-state index in [1.54, 1.807) is 20.8 Å². The largest absolute Gasteiger partial charge is 0.418 e. The fraction of sp³-hybridized carbons (Fsp3) is 0.545. The Bertz CT molecular complexity index is 295. The zero-order chi connectivity index (χ0) is 12.2. The minimum absolute atomic E-state index is 0.00176. The molecule has 0 N–H and O–H groups in total. The number of aliphatic imine (C=N–C) groups is 1. The van der Waals surface area contributed by atoms with Crippen molar-refractivity contribution in [2.45, 2.75) is 33.9 Å². The van der Waals surface area contributed by atoms with Crippen molar-refractivity contribution in [3.8, 4) is 0 Å². The van der Waals surface area contributed by atoms with Crippen LogP contribution in [0.5, 0.6) is 0 Å². The van der Waals surface area contributed by atoms with E-state index in [1.807, 2.05) is 0 Å². The van der Waals surface area contributed by atoms with Crippen molar-refractivity contribution in [1.29, 1.82) is 0 Å². The van der Waals surface area contributed by atoms with Gasteiger partial charge in [-0.2, -0.15) is 13.2 Å². The van der Waals surface area contributed by atoms with Crippen LogP contribution in [0.4, 0.5) is 13.2 Å². The van der Waals surface area contributed by atoms with Crippen LogP contribution in [0.15, 0.2) is 27.9 Å². The number of halogens is 3. The van der Waals surface area contributed by atoms with Crippen molar-refractivity contribution >= 4 is 6.72 Å². The van der Waals surface area contributed by atoms with Crippen LogP contribution in [-0.2, 0) is 0 Å². The van der Waals surface area contributed by atoms with Gasteiger partial charge in [0.05, 0.1) is 11.3 Å². The molecular formula is C11H16F3N. The third-order valence-electron chi connectivity index (χ3n) is 2.08. The van der Waals surface area contributed by atoms with Crippen LogP contribution >= 0.6 is 0 Å². The molecule has 0 fully saturated rings. The van der Waals surface area contributed by atoms with Gasteiger partial charge in [0, 0.05) is 0 Å². The normalized spacial score (nSPS) is 15.3. The molecule has 0 spiro atoms. The van der Waals surface area contributed by atoms with Crippen molar-refractivity contribution in [1.82, 2.24) is 0 Å². The smallest absolute Gasteiger partial charge is 0.268 e. The molecule has 86 valence electrons. The highest BCUT2D eigenvalue weighted by atomic mass is 19.4. The number of allylic oxidation sites excluding steroid dienone is 4. The van der Waals surface area contributed by atoms with Crippen LogP contribution in [0.25, 0.3) is 0 Å². The second-order valence-electron chi connectivity index (χ2n) is 3.54. The van der Waals surface area contributed by atoms with Gasteiger partial charge in [0.1, 0.15) is 0 Å². The molecular weight excluding hydrogens is 203 g/mol. The van der Waals surface area contributed by atoms with Gasteiger partial charge in [0.2, 0.25) is 0 Å². The fourth-order valence-electron chi connectivity index (χ4n) is 1.27. The summed E-state index contributed by atoms with van der Waals surface area (Å²) in [5.74, 6) is -0.297. The Morgan fingerprint density at radius 1 is 1.33 bits per heavy atom. The molecule has 0 aromatic rings. The summed E-state index contributed by atoms with van der Waals surface area (Å²) in [5, 5.41) is 0. The number of nitrogens with zero attached hydrogens (tertiary/aromatic N) is 1. The van der Waals surface area contributed by atoms with Crippen LogP contribution in [0.2, 0.25) is 0 Å². The van der Waals surface area contributed by atoms with Gasteiger partial charge in [-0.05, 0) is 32.1 Å². The first-order valence-electron chi connectivity index (χ1n) is 4.67. The summed E-state index contributed by atoms with van der Waals surface area (Å²) in [6.45, 7) is 9.53. The van der Waals surface area contributed by atoms with Crippen molar-refractivity contribution in [2.75, 3.05) is 0 Å². The number of hydrogen-bond donors (Lipinski definition) is 0. The molecule has 0 radical (unpaired) electrons. The first-order valence-corrected chi connectivity index (χ1v) is 4.67. The summed E-state index contributed by atoms with van der Waals surface area (Å²) in [6.07, 6.45) is -2.95. The molecule has 4 heteroatoms. The van der Waals surface area contributed by atoms with Gasteiger partial charge in [-0.3, -0.25) is 4.99 Å². The Morgan fingerprint density at radius 2 is 1.80 bits per heavy atom.